The molecule has 0 bridgehead atoms. The molecule has 8 nitrogen and oxygen atoms in total. The van der Waals surface area contributed by atoms with Crippen LogP contribution < -0.4 is 5.32 Å². The number of fused-ring (bicyclic) bond motifs is 2. The van der Waals surface area contributed by atoms with E-state index < -0.39 is 4.92 Å². The molecule has 1 N–H and O–H groups in total. The highest BCUT2D eigenvalue weighted by Gasteiger charge is 2.12. The standard InChI is InChI=1S/C22H15FN6O2/c23-16-3-1-2-14(8-16)12-28-21-7-4-17(9-15(21)11-26-28)27-22-19-10-18(29(30)31)5-6-20(19)24-13-25-22/h1-11,13H,12H2,(H,24,25,27). The number of nitro groups is 1. The zero-order valence-corrected chi connectivity index (χ0v) is 16.1. The third-order valence-corrected chi connectivity index (χ3v) is 4.96. The lowest BCUT2D eigenvalue weighted by Gasteiger charge is -2.09. The maximum atomic E-state index is 13.5. The fourth-order valence-corrected chi connectivity index (χ4v) is 3.49. The van der Waals surface area contributed by atoms with Gasteiger partial charge in [-0.2, -0.15) is 5.10 Å². The molecule has 0 fully saturated rings. The lowest BCUT2D eigenvalue weighted by atomic mass is 10.2. The van der Waals surface area contributed by atoms with E-state index in [9.17, 15) is 14.5 Å². The van der Waals surface area contributed by atoms with Gasteiger partial charge in [-0.15, -0.1) is 0 Å². The van der Waals surface area contributed by atoms with E-state index >= 15 is 0 Å². The molecule has 0 unspecified atom stereocenters. The largest absolute Gasteiger partial charge is 0.340 e. The number of benzene rings is 3. The first-order valence-corrected chi connectivity index (χ1v) is 9.43. The summed E-state index contributed by atoms with van der Waals surface area (Å²) in [6.07, 6.45) is 3.15. The number of nitrogens with one attached hydrogen (secondary N) is 1. The number of nitro benzene ring substituents is 1. The van der Waals surface area contributed by atoms with E-state index in [0.717, 1.165) is 22.2 Å². The van der Waals surface area contributed by atoms with Crippen LogP contribution in [0.3, 0.4) is 0 Å². The van der Waals surface area contributed by atoms with Gasteiger partial charge in [0.15, 0.2) is 0 Å². The highest BCUT2D eigenvalue weighted by molar-refractivity contribution is 5.93. The molecule has 0 aliphatic rings. The average Bonchev–Trinajstić information content (AvgIpc) is 3.15. The van der Waals surface area contributed by atoms with Gasteiger partial charge in [0.2, 0.25) is 0 Å². The Morgan fingerprint density at radius 1 is 1.06 bits per heavy atom. The second-order valence-electron chi connectivity index (χ2n) is 7.01. The van der Waals surface area contributed by atoms with Crippen LogP contribution in [0.4, 0.5) is 21.6 Å². The molecule has 0 aliphatic heterocycles. The van der Waals surface area contributed by atoms with E-state index in [1.165, 1.54) is 30.6 Å². The fraction of sp³-hybridized carbons (Fsp3) is 0.0455. The summed E-state index contributed by atoms with van der Waals surface area (Å²) < 4.78 is 15.3. The summed E-state index contributed by atoms with van der Waals surface area (Å²) in [5.41, 5.74) is 3.05. The molecule has 2 heterocycles. The SMILES string of the molecule is O=[N+]([O-])c1ccc2ncnc(Nc3ccc4c(cnn4Cc4cccc(F)c4)c3)c2c1. The van der Waals surface area contributed by atoms with Crippen LogP contribution in [0.1, 0.15) is 5.56 Å². The van der Waals surface area contributed by atoms with E-state index in [2.05, 4.69) is 20.4 Å². The quantitative estimate of drug-likeness (QED) is 0.327. The maximum absolute atomic E-state index is 13.5. The summed E-state index contributed by atoms with van der Waals surface area (Å²) in [4.78, 5) is 19.1. The second-order valence-corrected chi connectivity index (χ2v) is 7.01. The molecule has 0 saturated carbocycles. The van der Waals surface area contributed by atoms with Crippen molar-refractivity contribution in [2.24, 2.45) is 0 Å². The first kappa shape index (κ1) is 18.6. The molecule has 9 heteroatoms. The molecular formula is C22H15FN6O2. The predicted octanol–water partition coefficient (Wildman–Crippen LogP) is 4.82. The van der Waals surface area contributed by atoms with Crippen molar-refractivity contribution in [1.29, 1.82) is 0 Å². The number of rotatable bonds is 5. The van der Waals surface area contributed by atoms with Gasteiger partial charge in [0.05, 0.1) is 28.7 Å². The number of anilines is 2. The highest BCUT2D eigenvalue weighted by Crippen LogP contribution is 2.28. The molecule has 5 aromatic rings. The smallest absolute Gasteiger partial charge is 0.270 e. The lowest BCUT2D eigenvalue weighted by Crippen LogP contribution is -2.01. The molecule has 31 heavy (non-hydrogen) atoms. The summed E-state index contributed by atoms with van der Waals surface area (Å²) in [5.74, 6) is 0.193. The van der Waals surface area contributed by atoms with E-state index in [-0.39, 0.29) is 11.5 Å². The van der Waals surface area contributed by atoms with Crippen LogP contribution in [0.5, 0.6) is 0 Å². The van der Waals surface area contributed by atoms with Gasteiger partial charge < -0.3 is 5.32 Å². The maximum Gasteiger partial charge on any atom is 0.270 e. The van der Waals surface area contributed by atoms with Gasteiger partial charge >= 0.3 is 0 Å². The van der Waals surface area contributed by atoms with Crippen LogP contribution in [-0.4, -0.2) is 24.7 Å². The molecule has 0 saturated heterocycles. The van der Waals surface area contributed by atoms with Gasteiger partial charge in [0.1, 0.15) is 18.0 Å². The van der Waals surface area contributed by atoms with Crippen LogP contribution in [0.2, 0.25) is 0 Å². The van der Waals surface area contributed by atoms with Crippen molar-refractivity contribution in [3.05, 3.63) is 94.7 Å². The van der Waals surface area contributed by atoms with Crippen molar-refractivity contribution in [1.82, 2.24) is 19.7 Å². The molecule has 0 atom stereocenters. The van der Waals surface area contributed by atoms with Gasteiger partial charge in [-0.05, 0) is 42.0 Å². The van der Waals surface area contributed by atoms with Crippen molar-refractivity contribution in [3.63, 3.8) is 0 Å². The van der Waals surface area contributed by atoms with E-state index in [4.69, 9.17) is 0 Å². The van der Waals surface area contributed by atoms with Crippen LogP contribution in [0, 0.1) is 15.9 Å². The van der Waals surface area contributed by atoms with Gasteiger partial charge in [-0.3, -0.25) is 14.8 Å². The lowest BCUT2D eigenvalue weighted by molar-refractivity contribution is -0.384. The number of halogens is 1. The van der Waals surface area contributed by atoms with Crippen LogP contribution in [-0.2, 0) is 6.54 Å². The van der Waals surface area contributed by atoms with Crippen molar-refractivity contribution in [2.75, 3.05) is 5.32 Å². The van der Waals surface area contributed by atoms with Crippen LogP contribution in [0.25, 0.3) is 21.8 Å². The summed E-state index contributed by atoms with van der Waals surface area (Å²) in [6.45, 7) is 0.453. The molecule has 2 aromatic heterocycles. The van der Waals surface area contributed by atoms with E-state index in [1.807, 2.05) is 24.3 Å². The van der Waals surface area contributed by atoms with Gasteiger partial charge in [-0.25, -0.2) is 14.4 Å². The molecule has 5 rings (SSSR count). The van der Waals surface area contributed by atoms with Crippen molar-refractivity contribution in [2.45, 2.75) is 6.54 Å². The summed E-state index contributed by atoms with van der Waals surface area (Å²) >= 11 is 0. The Morgan fingerprint density at radius 3 is 2.81 bits per heavy atom. The minimum Gasteiger partial charge on any atom is -0.340 e. The number of nitrogens with zero attached hydrogens (tertiary/aromatic N) is 5. The minimum absolute atomic E-state index is 0.0283. The number of hydrogen-bond donors (Lipinski definition) is 1. The molecule has 3 aromatic carbocycles. The van der Waals surface area contributed by atoms with Gasteiger partial charge in [0.25, 0.3) is 5.69 Å². The normalized spacial score (nSPS) is 11.1. The van der Waals surface area contributed by atoms with E-state index in [1.54, 1.807) is 23.0 Å². The van der Waals surface area contributed by atoms with Crippen LogP contribution in [0.15, 0.2) is 73.2 Å². The topological polar surface area (TPSA) is 98.8 Å². The number of hydrogen-bond acceptors (Lipinski definition) is 6. The zero-order chi connectivity index (χ0) is 21.4. The van der Waals surface area contributed by atoms with Crippen LogP contribution >= 0.6 is 0 Å². The molecule has 0 radical (unpaired) electrons. The number of aromatic nitrogens is 4. The van der Waals surface area contributed by atoms with Crippen molar-refractivity contribution in [3.8, 4) is 0 Å². The molecule has 152 valence electrons. The molecular weight excluding hydrogens is 399 g/mol. The van der Waals surface area contributed by atoms with Gasteiger partial charge in [0, 0.05) is 28.6 Å². The monoisotopic (exact) mass is 414 g/mol. The van der Waals surface area contributed by atoms with Gasteiger partial charge in [-0.1, -0.05) is 12.1 Å². The fourth-order valence-electron chi connectivity index (χ4n) is 3.49. The second kappa shape index (κ2) is 7.45. The zero-order valence-electron chi connectivity index (χ0n) is 16.1. The predicted molar refractivity (Wildman–Crippen MR) is 115 cm³/mol. The first-order chi connectivity index (χ1) is 15.1. The Kier molecular flexibility index (Phi) is 4.47. The third kappa shape index (κ3) is 3.64. The summed E-state index contributed by atoms with van der Waals surface area (Å²) in [6, 6.07) is 16.6. The molecule has 0 spiro atoms. The first-order valence-electron chi connectivity index (χ1n) is 9.43. The summed E-state index contributed by atoms with van der Waals surface area (Å²) in [5, 5.41) is 20.2. The average molecular weight is 414 g/mol. The van der Waals surface area contributed by atoms with Crippen molar-refractivity contribution < 1.29 is 9.31 Å². The molecule has 0 aliphatic carbocycles. The Balaban J connectivity index is 1.47. The van der Waals surface area contributed by atoms with Crippen molar-refractivity contribution >= 4 is 39.0 Å². The Labute approximate surface area is 175 Å². The minimum atomic E-state index is -0.449. The Morgan fingerprint density at radius 2 is 1.97 bits per heavy atom. The number of non-ortho nitro benzene ring substituents is 1. The highest BCUT2D eigenvalue weighted by atomic mass is 19.1. The molecule has 0 amide bonds. The Hall–Kier alpha value is -4.40. The third-order valence-electron chi connectivity index (χ3n) is 4.96. The summed E-state index contributed by atoms with van der Waals surface area (Å²) in [7, 11) is 0. The van der Waals surface area contributed by atoms with E-state index in [0.29, 0.717) is 23.3 Å². The Bertz CT molecular complexity index is 1450.